The second-order valence-corrected chi connectivity index (χ2v) is 6.64. The SMILES string of the molecule is CCCN1C(=S)N[C@@H](c2ccccn2)[C@H]1c1cccn1C(C)C. The predicted molar refractivity (Wildman–Crippen MR) is 97.3 cm³/mol. The van der Waals surface area contributed by atoms with E-state index in [1.54, 1.807) is 0 Å². The summed E-state index contributed by atoms with van der Waals surface area (Å²) in [6, 6.07) is 11.1. The van der Waals surface area contributed by atoms with Crippen molar-refractivity contribution in [3.8, 4) is 0 Å². The Kier molecular flexibility index (Phi) is 4.66. The van der Waals surface area contributed by atoms with Gasteiger partial charge >= 0.3 is 0 Å². The summed E-state index contributed by atoms with van der Waals surface area (Å²) in [7, 11) is 0. The molecule has 3 rings (SSSR count). The minimum atomic E-state index is 0.0858. The molecule has 0 bridgehead atoms. The predicted octanol–water partition coefficient (Wildman–Crippen LogP) is 3.85. The Hall–Kier alpha value is -1.88. The van der Waals surface area contributed by atoms with E-state index in [0.717, 1.165) is 23.8 Å². The number of nitrogens with zero attached hydrogens (tertiary/aromatic N) is 3. The lowest BCUT2D eigenvalue weighted by molar-refractivity contribution is 0.299. The minimum Gasteiger partial charge on any atom is -0.352 e. The van der Waals surface area contributed by atoms with Crippen molar-refractivity contribution in [3.63, 3.8) is 0 Å². The maximum Gasteiger partial charge on any atom is 0.170 e. The zero-order valence-electron chi connectivity index (χ0n) is 13.9. The highest BCUT2D eigenvalue weighted by atomic mass is 32.1. The summed E-state index contributed by atoms with van der Waals surface area (Å²) in [5.74, 6) is 0. The third kappa shape index (κ3) is 2.98. The number of pyridine rings is 1. The van der Waals surface area contributed by atoms with Gasteiger partial charge in [0.25, 0.3) is 0 Å². The molecular formula is C18H24N4S. The van der Waals surface area contributed by atoms with Crippen molar-refractivity contribution in [1.82, 2.24) is 19.8 Å². The smallest absolute Gasteiger partial charge is 0.170 e. The molecule has 1 aliphatic rings. The summed E-state index contributed by atoms with van der Waals surface area (Å²) >= 11 is 5.62. The summed E-state index contributed by atoms with van der Waals surface area (Å²) in [5, 5.41) is 4.31. The largest absolute Gasteiger partial charge is 0.352 e. The van der Waals surface area contributed by atoms with Crippen molar-refractivity contribution in [2.24, 2.45) is 0 Å². The van der Waals surface area contributed by atoms with E-state index in [0.29, 0.717) is 6.04 Å². The quantitative estimate of drug-likeness (QED) is 0.845. The summed E-state index contributed by atoms with van der Waals surface area (Å²) in [5.41, 5.74) is 2.33. The molecule has 0 aromatic carbocycles. The number of rotatable bonds is 5. The molecule has 4 nitrogen and oxygen atoms in total. The third-order valence-corrected chi connectivity index (χ3v) is 4.69. The molecule has 0 radical (unpaired) electrons. The van der Waals surface area contributed by atoms with Gasteiger partial charge in [-0.3, -0.25) is 4.98 Å². The fourth-order valence-electron chi connectivity index (χ4n) is 3.34. The van der Waals surface area contributed by atoms with Crippen molar-refractivity contribution >= 4 is 17.3 Å². The van der Waals surface area contributed by atoms with E-state index in [-0.39, 0.29) is 12.1 Å². The molecule has 0 unspecified atom stereocenters. The highest BCUT2D eigenvalue weighted by Crippen LogP contribution is 2.39. The number of thiocarbonyl (C=S) groups is 1. The number of nitrogens with one attached hydrogen (secondary N) is 1. The molecule has 1 saturated heterocycles. The number of hydrogen-bond donors (Lipinski definition) is 1. The van der Waals surface area contributed by atoms with Gasteiger partial charge in [0.2, 0.25) is 0 Å². The van der Waals surface area contributed by atoms with Gasteiger partial charge in [-0.1, -0.05) is 13.0 Å². The molecule has 1 aliphatic heterocycles. The first-order chi connectivity index (χ1) is 11.1. The summed E-state index contributed by atoms with van der Waals surface area (Å²) in [6.45, 7) is 7.56. The molecule has 1 N–H and O–H groups in total. The average Bonchev–Trinajstić information content (AvgIpc) is 3.14. The molecule has 2 atom stereocenters. The Morgan fingerprint density at radius 2 is 2.09 bits per heavy atom. The lowest BCUT2D eigenvalue weighted by Gasteiger charge is -2.29. The van der Waals surface area contributed by atoms with Crippen molar-refractivity contribution in [3.05, 3.63) is 54.1 Å². The van der Waals surface area contributed by atoms with Gasteiger partial charge in [-0.2, -0.15) is 0 Å². The van der Waals surface area contributed by atoms with Crippen LogP contribution in [0.3, 0.4) is 0 Å². The molecule has 122 valence electrons. The zero-order valence-corrected chi connectivity index (χ0v) is 14.8. The highest BCUT2D eigenvalue weighted by Gasteiger charge is 2.40. The Bertz CT molecular complexity index is 665. The summed E-state index contributed by atoms with van der Waals surface area (Å²) in [6.07, 6.45) is 5.07. The molecule has 0 spiro atoms. The van der Waals surface area contributed by atoms with Crippen LogP contribution in [0.5, 0.6) is 0 Å². The van der Waals surface area contributed by atoms with Crippen LogP contribution >= 0.6 is 12.2 Å². The normalized spacial score (nSPS) is 21.0. The second kappa shape index (κ2) is 6.71. The molecule has 0 aliphatic carbocycles. The second-order valence-electron chi connectivity index (χ2n) is 6.25. The Labute approximate surface area is 143 Å². The van der Waals surface area contributed by atoms with E-state index in [1.165, 1.54) is 5.69 Å². The van der Waals surface area contributed by atoms with Crippen molar-refractivity contribution in [2.75, 3.05) is 6.54 Å². The fourth-order valence-corrected chi connectivity index (χ4v) is 3.67. The van der Waals surface area contributed by atoms with Gasteiger partial charge < -0.3 is 14.8 Å². The van der Waals surface area contributed by atoms with Gasteiger partial charge in [0, 0.05) is 30.7 Å². The Balaban J connectivity index is 2.05. The summed E-state index contributed by atoms with van der Waals surface area (Å²) < 4.78 is 2.33. The van der Waals surface area contributed by atoms with Crippen LogP contribution in [0.4, 0.5) is 0 Å². The van der Waals surface area contributed by atoms with Gasteiger partial charge in [0.1, 0.15) is 0 Å². The molecule has 0 amide bonds. The van der Waals surface area contributed by atoms with E-state index in [1.807, 2.05) is 18.3 Å². The first-order valence-corrected chi connectivity index (χ1v) is 8.69. The van der Waals surface area contributed by atoms with Gasteiger partial charge in [0.05, 0.1) is 17.8 Å². The van der Waals surface area contributed by atoms with Crippen LogP contribution in [-0.4, -0.2) is 26.1 Å². The van der Waals surface area contributed by atoms with Gasteiger partial charge in [-0.15, -0.1) is 0 Å². The maximum atomic E-state index is 5.62. The van der Waals surface area contributed by atoms with Crippen molar-refractivity contribution < 1.29 is 0 Å². The molecule has 0 saturated carbocycles. The van der Waals surface area contributed by atoms with E-state index in [4.69, 9.17) is 12.2 Å². The number of aromatic nitrogens is 2. The molecule has 2 aromatic heterocycles. The molecule has 2 aromatic rings. The van der Waals surface area contributed by atoms with E-state index in [9.17, 15) is 0 Å². The lowest BCUT2D eigenvalue weighted by Crippen LogP contribution is -2.31. The molecule has 5 heteroatoms. The maximum absolute atomic E-state index is 5.62. The Morgan fingerprint density at radius 3 is 2.74 bits per heavy atom. The fraction of sp³-hybridized carbons (Fsp3) is 0.444. The van der Waals surface area contributed by atoms with E-state index in [2.05, 4.69) is 64.9 Å². The first kappa shape index (κ1) is 16.0. The monoisotopic (exact) mass is 328 g/mol. The van der Waals surface area contributed by atoms with Gasteiger partial charge in [-0.05, 0) is 56.8 Å². The van der Waals surface area contributed by atoms with Gasteiger partial charge in [-0.25, -0.2) is 0 Å². The molecular weight excluding hydrogens is 304 g/mol. The standard InChI is InChI=1S/C18H24N4S/c1-4-11-22-17(15-9-7-12-21(15)13(2)3)16(20-18(22)23)14-8-5-6-10-19-14/h5-10,12-13,16-17H,4,11H2,1-3H3,(H,20,23)/t16-,17+/m0/s1. The van der Waals surface area contributed by atoms with Crippen LogP contribution in [0.15, 0.2) is 42.7 Å². The van der Waals surface area contributed by atoms with E-state index >= 15 is 0 Å². The van der Waals surface area contributed by atoms with Crippen LogP contribution in [0.25, 0.3) is 0 Å². The number of hydrogen-bond acceptors (Lipinski definition) is 2. The van der Waals surface area contributed by atoms with Crippen molar-refractivity contribution in [1.29, 1.82) is 0 Å². The van der Waals surface area contributed by atoms with Crippen LogP contribution in [-0.2, 0) is 0 Å². The molecule has 1 fully saturated rings. The first-order valence-electron chi connectivity index (χ1n) is 8.28. The van der Waals surface area contributed by atoms with Gasteiger partial charge in [0.15, 0.2) is 5.11 Å². The van der Waals surface area contributed by atoms with Crippen LogP contribution in [0, 0.1) is 0 Å². The molecule has 3 heterocycles. The van der Waals surface area contributed by atoms with E-state index < -0.39 is 0 Å². The minimum absolute atomic E-state index is 0.0858. The van der Waals surface area contributed by atoms with Crippen LogP contribution in [0.1, 0.15) is 56.7 Å². The van der Waals surface area contributed by atoms with Crippen LogP contribution < -0.4 is 5.32 Å². The van der Waals surface area contributed by atoms with Crippen molar-refractivity contribution in [2.45, 2.75) is 45.3 Å². The third-order valence-electron chi connectivity index (χ3n) is 4.33. The Morgan fingerprint density at radius 1 is 1.26 bits per heavy atom. The zero-order chi connectivity index (χ0) is 16.4. The topological polar surface area (TPSA) is 33.1 Å². The highest BCUT2D eigenvalue weighted by molar-refractivity contribution is 7.80. The lowest BCUT2D eigenvalue weighted by atomic mass is 10.0. The molecule has 23 heavy (non-hydrogen) atoms. The average molecular weight is 328 g/mol. The summed E-state index contributed by atoms with van der Waals surface area (Å²) in [4.78, 5) is 6.87. The van der Waals surface area contributed by atoms with Crippen LogP contribution in [0.2, 0.25) is 0 Å².